The quantitative estimate of drug-likeness (QED) is 0.546. The third-order valence-corrected chi connectivity index (χ3v) is 1.51. The zero-order valence-corrected chi connectivity index (χ0v) is 7.49. The molecule has 72 valence electrons. The van der Waals surface area contributed by atoms with Crippen molar-refractivity contribution in [2.45, 2.75) is 19.1 Å². The van der Waals surface area contributed by atoms with Crippen molar-refractivity contribution in [2.24, 2.45) is 0 Å². The Morgan fingerprint density at radius 3 is 2.92 bits per heavy atom. The Labute approximate surface area is 73.2 Å². The summed E-state index contributed by atoms with van der Waals surface area (Å²) in [5.74, 6) is -0.737. The van der Waals surface area contributed by atoms with Crippen molar-refractivity contribution in [3.63, 3.8) is 0 Å². The molecule has 0 aliphatic rings. The van der Waals surface area contributed by atoms with Crippen LogP contribution in [0.4, 0.5) is 0 Å². The van der Waals surface area contributed by atoms with Gasteiger partial charge in [-0.15, -0.1) is 0 Å². The first-order chi connectivity index (χ1) is 6.17. The molecule has 0 spiro atoms. The Bertz CT molecular complexity index is 155. The van der Waals surface area contributed by atoms with E-state index >= 15 is 0 Å². The van der Waals surface area contributed by atoms with Crippen molar-refractivity contribution in [1.29, 1.82) is 1.43 Å². The van der Waals surface area contributed by atoms with E-state index in [-0.39, 0.29) is 12.8 Å². The zero-order chi connectivity index (χ0) is 10.3. The summed E-state index contributed by atoms with van der Waals surface area (Å²) in [6, 6.07) is -0.229. The first-order valence-corrected chi connectivity index (χ1v) is 3.62. The molecule has 5 heteroatoms. The average Bonchev–Trinajstić information content (AvgIpc) is 2.17. The van der Waals surface area contributed by atoms with Gasteiger partial charge >= 0.3 is 5.97 Å². The van der Waals surface area contributed by atoms with Crippen LogP contribution in [0.5, 0.6) is 0 Å². The third kappa shape index (κ3) is 3.66. The van der Waals surface area contributed by atoms with Gasteiger partial charge in [-0.05, 0) is 14.0 Å². The number of carboxylic acid groups (broad SMARTS) is 1. The van der Waals surface area contributed by atoms with Gasteiger partial charge in [-0.3, -0.25) is 0 Å². The lowest BCUT2D eigenvalue weighted by atomic mass is 10.2. The van der Waals surface area contributed by atoms with E-state index in [0.717, 1.165) is 0 Å². The number of rotatable bonds is 6. The Morgan fingerprint density at radius 2 is 2.50 bits per heavy atom. The molecule has 0 saturated heterocycles. The first kappa shape index (κ1) is 9.44. The summed E-state index contributed by atoms with van der Waals surface area (Å²) >= 11 is 0. The van der Waals surface area contributed by atoms with Crippen molar-refractivity contribution in [3.8, 4) is 0 Å². The number of carboxylic acids is 1. The van der Waals surface area contributed by atoms with Crippen LogP contribution >= 0.6 is 0 Å². The topological polar surface area (TPSA) is 67.8 Å². The predicted octanol–water partition coefficient (Wildman–Crippen LogP) is -0.332. The Hall–Kier alpha value is -0.650. The lowest BCUT2D eigenvalue weighted by Gasteiger charge is -2.19. The summed E-state index contributed by atoms with van der Waals surface area (Å²) in [6.07, 6.45) is -0.817. The van der Waals surface area contributed by atoms with Gasteiger partial charge in [0.2, 0.25) is 0 Å². The number of likely N-dealkylation sites (N-methyl/N-ethyl adjacent to an activating group) is 1. The van der Waals surface area contributed by atoms with Gasteiger partial charge in [0.05, 0.1) is 0 Å². The van der Waals surface area contributed by atoms with E-state index in [2.05, 4.69) is 15.2 Å². The second-order valence-electron chi connectivity index (χ2n) is 2.39. The highest BCUT2D eigenvalue weighted by Gasteiger charge is 2.23. The minimum atomic E-state index is -0.817. The van der Waals surface area contributed by atoms with E-state index in [4.69, 9.17) is 6.17 Å². The van der Waals surface area contributed by atoms with Gasteiger partial charge in [0.25, 0.3) is 1.43 Å². The standard InChI is InChI=1S/C7H15NO4/c1-5(8-2)6(7(9)10)12-4-11-3/h5-6,8H,4H2,1-3H3,(H,9,10)/i/hT. The van der Waals surface area contributed by atoms with E-state index < -0.39 is 12.1 Å². The van der Waals surface area contributed by atoms with Gasteiger partial charge < -0.3 is 19.9 Å². The summed E-state index contributed by atoms with van der Waals surface area (Å²) < 4.78 is 16.1. The summed E-state index contributed by atoms with van der Waals surface area (Å²) in [6.45, 7) is 1.74. The minimum absolute atomic E-state index is 0.00815. The van der Waals surface area contributed by atoms with Gasteiger partial charge in [0.1, 0.15) is 6.79 Å². The van der Waals surface area contributed by atoms with Crippen LogP contribution in [0.2, 0.25) is 0 Å². The van der Waals surface area contributed by atoms with E-state index in [0.29, 0.717) is 0 Å². The molecule has 2 atom stereocenters. The van der Waals surface area contributed by atoms with Crippen molar-refractivity contribution in [2.75, 3.05) is 21.0 Å². The fourth-order valence-corrected chi connectivity index (χ4v) is 0.709. The van der Waals surface area contributed by atoms with Crippen LogP contribution in [0.15, 0.2) is 0 Å². The Kier molecular flexibility index (Phi) is 4.67. The van der Waals surface area contributed by atoms with Gasteiger partial charge in [-0.1, -0.05) is 0 Å². The van der Waals surface area contributed by atoms with Crippen LogP contribution in [0.1, 0.15) is 6.92 Å². The molecule has 5 nitrogen and oxygen atoms in total. The molecule has 0 saturated carbocycles. The predicted molar refractivity (Wildman–Crippen MR) is 42.9 cm³/mol. The first-order valence-electron chi connectivity index (χ1n) is 4.03. The molecule has 0 aromatic rings. The molecule has 2 N–H and O–H groups in total. The van der Waals surface area contributed by atoms with Crippen LogP contribution in [0, 0.1) is 0 Å². The van der Waals surface area contributed by atoms with Crippen molar-refractivity contribution in [1.82, 2.24) is 5.32 Å². The number of aliphatic carboxylic acids is 1. The highest BCUT2D eigenvalue weighted by Crippen LogP contribution is 1.98. The molecular formula is C7H15NO4. The number of ether oxygens (including phenoxy) is 2. The fourth-order valence-electron chi connectivity index (χ4n) is 0.709. The highest BCUT2D eigenvalue weighted by atomic mass is 16.7. The lowest BCUT2D eigenvalue weighted by molar-refractivity contribution is -0.161. The molecule has 12 heavy (non-hydrogen) atoms. The maximum atomic E-state index is 11.0. The van der Waals surface area contributed by atoms with Crippen molar-refractivity contribution >= 4 is 5.97 Å². The zero-order valence-electron chi connectivity index (χ0n) is 8.49. The maximum Gasteiger partial charge on any atom is 0.334 e. The summed E-state index contributed by atoms with van der Waals surface area (Å²) in [4.78, 5) is 11.0. The van der Waals surface area contributed by atoms with E-state index in [1.807, 2.05) is 0 Å². The molecular weight excluding hydrogens is 162 g/mol. The fraction of sp³-hybridized carbons (Fsp3) is 0.857. The van der Waals surface area contributed by atoms with Crippen molar-refractivity contribution in [3.05, 3.63) is 0 Å². The lowest BCUT2D eigenvalue weighted by Crippen LogP contribution is -2.42. The van der Waals surface area contributed by atoms with Crippen LogP contribution < -0.4 is 5.32 Å². The summed E-state index contributed by atoms with van der Waals surface area (Å²) in [5.41, 5.74) is 0. The van der Waals surface area contributed by atoms with Crippen LogP contribution in [-0.2, 0) is 14.3 Å². The van der Waals surface area contributed by atoms with Gasteiger partial charge in [-0.2, -0.15) is 0 Å². The molecule has 0 heterocycles. The van der Waals surface area contributed by atoms with E-state index in [1.165, 1.54) is 7.11 Å². The van der Waals surface area contributed by atoms with Crippen LogP contribution in [-0.4, -0.2) is 44.2 Å². The van der Waals surface area contributed by atoms with Crippen molar-refractivity contribution < 1.29 is 19.4 Å². The molecule has 0 rings (SSSR count). The molecule has 0 aromatic heterocycles. The summed E-state index contributed by atoms with van der Waals surface area (Å²) in [7, 11) is 3.14. The number of hydrogen-bond acceptors (Lipinski definition) is 5. The second kappa shape index (κ2) is 5.93. The third-order valence-electron chi connectivity index (χ3n) is 1.51. The Balaban J connectivity index is 4.09. The highest BCUT2D eigenvalue weighted by molar-refractivity contribution is 5.73. The molecule has 0 aromatic carbocycles. The van der Waals surface area contributed by atoms with E-state index in [1.54, 1.807) is 14.0 Å². The largest absolute Gasteiger partial charge is 0.479 e. The minimum Gasteiger partial charge on any atom is -0.479 e. The van der Waals surface area contributed by atoms with Crippen LogP contribution in [0.3, 0.4) is 0 Å². The molecule has 0 aliphatic heterocycles. The number of carbonyl (C=O) groups is 1. The summed E-state index contributed by atoms with van der Waals surface area (Å²) in [5, 5.41) is 6.65. The molecule has 2 unspecified atom stereocenters. The number of nitrogens with one attached hydrogen (secondary N) is 1. The molecule has 0 amide bonds. The van der Waals surface area contributed by atoms with Gasteiger partial charge in [-0.25, -0.2) is 4.79 Å². The Morgan fingerprint density at radius 1 is 1.83 bits per heavy atom. The average molecular weight is 179 g/mol. The molecule has 0 aliphatic carbocycles. The number of methoxy groups -OCH3 is 1. The SMILES string of the molecule is [3H]OC(=O)C(OCOC)C(C)NC. The molecule has 0 bridgehead atoms. The normalized spacial score (nSPS) is 16.4. The molecule has 0 fully saturated rings. The van der Waals surface area contributed by atoms with Gasteiger partial charge in [0, 0.05) is 13.2 Å². The molecule has 0 radical (unpaired) electrons. The number of hydrogen-bond donors (Lipinski definition) is 2. The second-order valence-corrected chi connectivity index (χ2v) is 2.39. The van der Waals surface area contributed by atoms with E-state index in [9.17, 15) is 4.79 Å². The van der Waals surface area contributed by atoms with Gasteiger partial charge in [0.15, 0.2) is 6.10 Å². The van der Waals surface area contributed by atoms with Crippen LogP contribution in [0.25, 0.3) is 1.43 Å². The maximum absolute atomic E-state index is 11.0. The monoisotopic (exact) mass is 179 g/mol. The smallest absolute Gasteiger partial charge is 0.334 e.